The molecular weight excluding hydrogens is 251 g/mol. The predicted molar refractivity (Wildman–Crippen MR) is 65.3 cm³/mol. The van der Waals surface area contributed by atoms with Gasteiger partial charge in [0.1, 0.15) is 0 Å². The maximum atomic E-state index is 11.5. The van der Waals surface area contributed by atoms with Gasteiger partial charge in [-0.2, -0.15) is 0 Å². The van der Waals surface area contributed by atoms with E-state index in [0.717, 1.165) is 4.90 Å². The molecule has 0 aliphatic rings. The van der Waals surface area contributed by atoms with Crippen molar-refractivity contribution < 1.29 is 4.79 Å². The Kier molecular flexibility index (Phi) is 3.98. The van der Waals surface area contributed by atoms with Gasteiger partial charge in [0.2, 0.25) is 5.96 Å². The summed E-state index contributed by atoms with van der Waals surface area (Å²) in [5.74, 6) is -0.464. The summed E-state index contributed by atoms with van der Waals surface area (Å²) in [7, 11) is 1.42. The number of carbonyl (C=O) groups excluding carboxylic acids is 1. The summed E-state index contributed by atoms with van der Waals surface area (Å²) in [5, 5.41) is 10.2. The largest absolute Gasteiger partial charge is 0.369 e. The number of nitrogens with zero attached hydrogens (tertiary/aromatic N) is 1. The van der Waals surface area contributed by atoms with Crippen LogP contribution in [-0.2, 0) is 0 Å². The molecule has 0 atom stereocenters. The Bertz CT molecular complexity index is 415. The standard InChI is InChI=1S/C9H10Cl2N4O/c1-14-9(16)15(8(12)13)7-5(10)3-2-4-6(7)11/h2-4H,1H3,(H3,12,13)(H,14,16). The fourth-order valence-corrected chi connectivity index (χ4v) is 1.71. The Morgan fingerprint density at radius 2 is 1.94 bits per heavy atom. The number of guanidine groups is 1. The lowest BCUT2D eigenvalue weighted by atomic mass is 10.3. The van der Waals surface area contributed by atoms with Gasteiger partial charge in [0, 0.05) is 7.05 Å². The van der Waals surface area contributed by atoms with Crippen molar-refractivity contribution in [1.82, 2.24) is 5.32 Å². The van der Waals surface area contributed by atoms with Crippen LogP contribution in [0, 0.1) is 5.41 Å². The molecule has 0 heterocycles. The SMILES string of the molecule is CNC(=O)N(C(=N)N)c1c(Cl)cccc1Cl. The molecule has 1 rings (SSSR count). The summed E-state index contributed by atoms with van der Waals surface area (Å²) in [6.07, 6.45) is 0. The number of nitrogens with two attached hydrogens (primary N) is 1. The molecule has 0 aliphatic carbocycles. The maximum absolute atomic E-state index is 11.5. The number of hydrogen-bond donors (Lipinski definition) is 3. The highest BCUT2D eigenvalue weighted by molar-refractivity contribution is 6.41. The average molecular weight is 261 g/mol. The van der Waals surface area contributed by atoms with Gasteiger partial charge < -0.3 is 11.1 Å². The third-order valence-electron chi connectivity index (χ3n) is 1.82. The van der Waals surface area contributed by atoms with Crippen molar-refractivity contribution >= 4 is 40.9 Å². The molecule has 1 aromatic carbocycles. The van der Waals surface area contributed by atoms with Crippen molar-refractivity contribution in [2.45, 2.75) is 0 Å². The first kappa shape index (κ1) is 12.6. The fraction of sp³-hybridized carbons (Fsp3) is 0.111. The quantitative estimate of drug-likeness (QED) is 0.534. The van der Waals surface area contributed by atoms with E-state index in [1.54, 1.807) is 18.2 Å². The van der Waals surface area contributed by atoms with E-state index in [4.69, 9.17) is 34.3 Å². The minimum absolute atomic E-state index is 0.192. The topological polar surface area (TPSA) is 82.2 Å². The van der Waals surface area contributed by atoms with E-state index in [0.29, 0.717) is 0 Å². The van der Waals surface area contributed by atoms with Gasteiger partial charge in [0.25, 0.3) is 0 Å². The Morgan fingerprint density at radius 1 is 1.44 bits per heavy atom. The normalized spacial score (nSPS) is 9.69. The van der Waals surface area contributed by atoms with E-state index >= 15 is 0 Å². The summed E-state index contributed by atoms with van der Waals surface area (Å²) in [6, 6.07) is 4.17. The zero-order valence-electron chi connectivity index (χ0n) is 8.42. The second-order valence-electron chi connectivity index (χ2n) is 2.85. The second-order valence-corrected chi connectivity index (χ2v) is 3.66. The van der Waals surface area contributed by atoms with Crippen LogP contribution in [-0.4, -0.2) is 19.0 Å². The smallest absolute Gasteiger partial charge is 0.328 e. The Balaban J connectivity index is 3.32. The lowest BCUT2D eigenvalue weighted by Gasteiger charge is -2.22. The number of amides is 2. The molecule has 0 fully saturated rings. The molecule has 7 heteroatoms. The molecule has 0 aliphatic heterocycles. The van der Waals surface area contributed by atoms with E-state index in [-0.39, 0.29) is 15.7 Å². The molecule has 0 spiro atoms. The third kappa shape index (κ3) is 2.37. The van der Waals surface area contributed by atoms with Crippen molar-refractivity contribution in [3.05, 3.63) is 28.2 Å². The van der Waals surface area contributed by atoms with Gasteiger partial charge in [-0.05, 0) is 12.1 Å². The molecule has 0 aromatic heterocycles. The minimum atomic E-state index is -0.581. The zero-order valence-corrected chi connectivity index (χ0v) is 9.93. The molecule has 0 radical (unpaired) electrons. The van der Waals surface area contributed by atoms with E-state index in [1.165, 1.54) is 7.05 Å². The van der Waals surface area contributed by atoms with Gasteiger partial charge >= 0.3 is 6.03 Å². The highest BCUT2D eigenvalue weighted by Gasteiger charge is 2.22. The van der Waals surface area contributed by atoms with Gasteiger partial charge in [-0.25, -0.2) is 9.69 Å². The molecule has 1 aromatic rings. The summed E-state index contributed by atoms with van der Waals surface area (Å²) in [4.78, 5) is 12.4. The van der Waals surface area contributed by atoms with Crippen molar-refractivity contribution in [1.29, 1.82) is 5.41 Å². The average Bonchev–Trinajstić information content (AvgIpc) is 2.22. The molecule has 4 N–H and O–H groups in total. The summed E-state index contributed by atoms with van der Waals surface area (Å²) >= 11 is 11.8. The fourth-order valence-electron chi connectivity index (χ4n) is 1.15. The number of para-hydroxylation sites is 1. The van der Waals surface area contributed by atoms with Crippen LogP contribution in [0.25, 0.3) is 0 Å². The molecule has 16 heavy (non-hydrogen) atoms. The number of nitrogens with one attached hydrogen (secondary N) is 2. The highest BCUT2D eigenvalue weighted by Crippen LogP contribution is 2.33. The lowest BCUT2D eigenvalue weighted by molar-refractivity contribution is 0.251. The van der Waals surface area contributed by atoms with Crippen molar-refractivity contribution in [2.24, 2.45) is 5.73 Å². The van der Waals surface area contributed by atoms with Gasteiger partial charge in [0.05, 0.1) is 15.7 Å². The first-order valence-corrected chi connectivity index (χ1v) is 5.04. The van der Waals surface area contributed by atoms with Crippen LogP contribution in [0.1, 0.15) is 0 Å². The summed E-state index contributed by atoms with van der Waals surface area (Å²) < 4.78 is 0. The molecule has 86 valence electrons. The molecule has 0 bridgehead atoms. The van der Waals surface area contributed by atoms with Crippen molar-refractivity contribution in [3.8, 4) is 0 Å². The van der Waals surface area contributed by atoms with Crippen LogP contribution < -0.4 is 16.0 Å². The van der Waals surface area contributed by atoms with Crippen LogP contribution in [0.5, 0.6) is 0 Å². The highest BCUT2D eigenvalue weighted by atomic mass is 35.5. The number of rotatable bonds is 1. The molecule has 0 saturated carbocycles. The molecule has 5 nitrogen and oxygen atoms in total. The molecular formula is C9H10Cl2N4O. The maximum Gasteiger partial charge on any atom is 0.328 e. The van der Waals surface area contributed by atoms with Crippen molar-refractivity contribution in [2.75, 3.05) is 11.9 Å². The van der Waals surface area contributed by atoms with Crippen molar-refractivity contribution in [3.63, 3.8) is 0 Å². The van der Waals surface area contributed by atoms with Crippen LogP contribution in [0.3, 0.4) is 0 Å². The third-order valence-corrected chi connectivity index (χ3v) is 2.43. The Labute approximate surface area is 103 Å². The summed E-state index contributed by atoms with van der Waals surface area (Å²) in [5.41, 5.74) is 5.51. The van der Waals surface area contributed by atoms with Gasteiger partial charge in [-0.15, -0.1) is 0 Å². The summed E-state index contributed by atoms with van der Waals surface area (Å²) in [6.45, 7) is 0. The molecule has 0 saturated heterocycles. The Morgan fingerprint density at radius 3 is 2.31 bits per heavy atom. The number of halogens is 2. The number of carbonyl (C=O) groups is 1. The molecule has 2 amide bonds. The van der Waals surface area contributed by atoms with Crippen LogP contribution in [0.4, 0.5) is 10.5 Å². The zero-order chi connectivity index (χ0) is 12.3. The van der Waals surface area contributed by atoms with Crippen LogP contribution in [0.15, 0.2) is 18.2 Å². The lowest BCUT2D eigenvalue weighted by Crippen LogP contribution is -2.46. The second kappa shape index (κ2) is 5.05. The first-order valence-electron chi connectivity index (χ1n) is 4.29. The van der Waals surface area contributed by atoms with Crippen LogP contribution >= 0.6 is 23.2 Å². The van der Waals surface area contributed by atoms with E-state index < -0.39 is 12.0 Å². The number of hydrogen-bond acceptors (Lipinski definition) is 2. The predicted octanol–water partition coefficient (Wildman–Crippen LogP) is 2.03. The van der Waals surface area contributed by atoms with Gasteiger partial charge in [-0.3, -0.25) is 5.41 Å². The molecule has 0 unspecified atom stereocenters. The van der Waals surface area contributed by atoms with E-state index in [2.05, 4.69) is 5.32 Å². The minimum Gasteiger partial charge on any atom is -0.369 e. The number of benzene rings is 1. The Hall–Kier alpha value is -1.46. The van der Waals surface area contributed by atoms with Gasteiger partial charge in [-0.1, -0.05) is 29.3 Å². The van der Waals surface area contributed by atoms with E-state index in [1.807, 2.05) is 0 Å². The van der Waals surface area contributed by atoms with E-state index in [9.17, 15) is 4.79 Å². The van der Waals surface area contributed by atoms with Crippen LogP contribution in [0.2, 0.25) is 10.0 Å². The number of urea groups is 1. The number of anilines is 1. The monoisotopic (exact) mass is 260 g/mol. The first-order chi connectivity index (χ1) is 7.49. The van der Waals surface area contributed by atoms with Gasteiger partial charge in [0.15, 0.2) is 0 Å².